The second-order valence-corrected chi connectivity index (χ2v) is 10.7. The molecule has 220 valence electrons. The first-order valence-electron chi connectivity index (χ1n) is 14.2. The van der Waals surface area contributed by atoms with Crippen molar-refractivity contribution in [3.05, 3.63) is 59.7 Å². The molecule has 0 aromatic heterocycles. The first-order chi connectivity index (χ1) is 19.9. The zero-order valence-electron chi connectivity index (χ0n) is 24.4. The van der Waals surface area contributed by atoms with Crippen molar-refractivity contribution < 1.29 is 38.0 Å². The maximum Gasteiger partial charge on any atom is 0.314 e. The number of carbonyl (C=O) groups excluding carboxylic acids is 2. The lowest BCUT2D eigenvalue weighted by atomic mass is 9.52. The van der Waals surface area contributed by atoms with Gasteiger partial charge < -0.3 is 28.4 Å². The van der Waals surface area contributed by atoms with Crippen LogP contribution in [0.3, 0.4) is 0 Å². The Kier molecular flexibility index (Phi) is 8.18. The van der Waals surface area contributed by atoms with Gasteiger partial charge in [0.15, 0.2) is 17.7 Å². The van der Waals surface area contributed by atoms with Gasteiger partial charge >= 0.3 is 11.9 Å². The number of benzene rings is 2. The highest BCUT2D eigenvalue weighted by Gasteiger charge is 2.75. The summed E-state index contributed by atoms with van der Waals surface area (Å²) >= 11 is 0. The van der Waals surface area contributed by atoms with Crippen LogP contribution in [0.5, 0.6) is 17.2 Å². The minimum absolute atomic E-state index is 0.247. The molecule has 1 saturated heterocycles. The Hall–Kier alpha value is -3.72. The van der Waals surface area contributed by atoms with Crippen LogP contribution < -0.4 is 14.2 Å². The molecule has 2 aromatic rings. The summed E-state index contributed by atoms with van der Waals surface area (Å²) in [6, 6.07) is 13.4. The molecular formula is C32H39NO8. The first kappa shape index (κ1) is 28.8. The molecule has 9 nitrogen and oxygen atoms in total. The Morgan fingerprint density at radius 2 is 1.68 bits per heavy atom. The van der Waals surface area contributed by atoms with Gasteiger partial charge in [0.2, 0.25) is 0 Å². The van der Waals surface area contributed by atoms with E-state index in [2.05, 4.69) is 4.90 Å². The lowest BCUT2D eigenvalue weighted by molar-refractivity contribution is -0.177. The standard InChI is InChI=1S/C32H39NO8/c1-6-39-28(34)24-9-8-16-31(30(35)40-7-2)20-33(19-21-10-13-23(36-3)14-11-21)29-32(24,31)18-27(41-29)22-12-15-25(37-4)26(17-22)38-5/h10-15,17-18,24,29H,6-9,16,19-20H2,1-5H3. The summed E-state index contributed by atoms with van der Waals surface area (Å²) in [5.41, 5.74) is -0.177. The van der Waals surface area contributed by atoms with E-state index >= 15 is 0 Å². The molecule has 41 heavy (non-hydrogen) atoms. The van der Waals surface area contributed by atoms with Crippen LogP contribution in [0.25, 0.3) is 5.76 Å². The molecule has 2 fully saturated rings. The highest BCUT2D eigenvalue weighted by molar-refractivity contribution is 5.85. The summed E-state index contributed by atoms with van der Waals surface area (Å²) in [6.07, 6.45) is 3.28. The van der Waals surface area contributed by atoms with Crippen LogP contribution in [0, 0.1) is 16.7 Å². The summed E-state index contributed by atoms with van der Waals surface area (Å²) < 4.78 is 34.5. The maximum absolute atomic E-state index is 14.0. The molecule has 2 aliphatic heterocycles. The average Bonchev–Trinajstić information content (AvgIpc) is 3.50. The predicted octanol–water partition coefficient (Wildman–Crippen LogP) is 4.82. The molecule has 1 saturated carbocycles. The Bertz CT molecular complexity index is 1310. The van der Waals surface area contributed by atoms with Crippen LogP contribution in [-0.2, 0) is 30.3 Å². The normalized spacial score (nSPS) is 26.7. The molecule has 4 unspecified atom stereocenters. The quantitative estimate of drug-likeness (QED) is 0.376. The van der Waals surface area contributed by atoms with Crippen molar-refractivity contribution in [2.45, 2.75) is 45.9 Å². The van der Waals surface area contributed by atoms with E-state index in [-0.39, 0.29) is 25.2 Å². The molecule has 0 N–H and O–H groups in total. The lowest BCUT2D eigenvalue weighted by Gasteiger charge is -2.48. The van der Waals surface area contributed by atoms with Gasteiger partial charge in [0, 0.05) is 18.7 Å². The SMILES string of the molecule is CCOC(=O)C1CCCC2(C(=O)OCC)CN(Cc3ccc(OC)cc3)C3OC(c4ccc(OC)c(OC)c4)=CC132. The second kappa shape index (κ2) is 11.6. The van der Waals surface area contributed by atoms with Crippen LogP contribution >= 0.6 is 0 Å². The van der Waals surface area contributed by atoms with E-state index in [0.29, 0.717) is 49.6 Å². The lowest BCUT2D eigenvalue weighted by Crippen LogP contribution is -2.57. The van der Waals surface area contributed by atoms with Gasteiger partial charge in [-0.25, -0.2) is 0 Å². The van der Waals surface area contributed by atoms with Gasteiger partial charge in [0.25, 0.3) is 0 Å². The Morgan fingerprint density at radius 3 is 2.34 bits per heavy atom. The van der Waals surface area contributed by atoms with Crippen molar-refractivity contribution in [3.8, 4) is 17.2 Å². The van der Waals surface area contributed by atoms with E-state index in [9.17, 15) is 9.59 Å². The van der Waals surface area contributed by atoms with Gasteiger partial charge in [-0.1, -0.05) is 18.6 Å². The number of carbonyl (C=O) groups is 2. The molecule has 0 amide bonds. The molecule has 9 heteroatoms. The molecule has 2 aromatic carbocycles. The molecule has 2 heterocycles. The summed E-state index contributed by atoms with van der Waals surface area (Å²) in [6.45, 7) is 5.02. The van der Waals surface area contributed by atoms with Crippen LogP contribution in [-0.4, -0.2) is 64.2 Å². The highest BCUT2D eigenvalue weighted by atomic mass is 16.5. The van der Waals surface area contributed by atoms with E-state index < -0.39 is 23.0 Å². The van der Waals surface area contributed by atoms with Gasteiger partial charge in [0.1, 0.15) is 11.5 Å². The summed E-state index contributed by atoms with van der Waals surface area (Å²) in [5.74, 6) is 1.30. The number of esters is 2. The van der Waals surface area contributed by atoms with Crippen molar-refractivity contribution in [2.75, 3.05) is 41.1 Å². The Balaban J connectivity index is 1.66. The minimum Gasteiger partial charge on any atom is -0.497 e. The summed E-state index contributed by atoms with van der Waals surface area (Å²) in [7, 11) is 4.80. The first-order valence-corrected chi connectivity index (χ1v) is 14.2. The Labute approximate surface area is 241 Å². The zero-order valence-corrected chi connectivity index (χ0v) is 24.4. The minimum atomic E-state index is -0.992. The van der Waals surface area contributed by atoms with Crippen LogP contribution in [0.1, 0.15) is 44.2 Å². The number of ether oxygens (including phenoxy) is 6. The molecule has 5 rings (SSSR count). The van der Waals surface area contributed by atoms with Crippen molar-refractivity contribution in [1.29, 1.82) is 0 Å². The van der Waals surface area contributed by atoms with Crippen molar-refractivity contribution in [2.24, 2.45) is 16.7 Å². The highest BCUT2D eigenvalue weighted by Crippen LogP contribution is 2.67. The number of likely N-dealkylation sites (tertiary alicyclic amines) is 1. The van der Waals surface area contributed by atoms with Crippen LogP contribution in [0.15, 0.2) is 48.5 Å². The Morgan fingerprint density at radius 1 is 0.951 bits per heavy atom. The third-order valence-electron chi connectivity index (χ3n) is 8.77. The number of hydrogen-bond donors (Lipinski definition) is 0. The summed E-state index contributed by atoms with van der Waals surface area (Å²) in [4.78, 5) is 29.8. The summed E-state index contributed by atoms with van der Waals surface area (Å²) in [5, 5.41) is 0. The monoisotopic (exact) mass is 565 g/mol. The van der Waals surface area contributed by atoms with Crippen LogP contribution in [0.4, 0.5) is 0 Å². The van der Waals surface area contributed by atoms with Gasteiger partial charge in [-0.2, -0.15) is 0 Å². The largest absolute Gasteiger partial charge is 0.497 e. The predicted molar refractivity (Wildman–Crippen MR) is 151 cm³/mol. The molecular weight excluding hydrogens is 526 g/mol. The van der Waals surface area contributed by atoms with Gasteiger partial charge in [-0.05, 0) is 68.7 Å². The van der Waals surface area contributed by atoms with Gasteiger partial charge in [-0.15, -0.1) is 0 Å². The van der Waals surface area contributed by atoms with E-state index in [4.69, 9.17) is 28.4 Å². The number of rotatable bonds is 10. The van der Waals surface area contributed by atoms with Crippen molar-refractivity contribution in [3.63, 3.8) is 0 Å². The van der Waals surface area contributed by atoms with Gasteiger partial charge in [-0.3, -0.25) is 14.5 Å². The topological polar surface area (TPSA) is 92.8 Å². The maximum atomic E-state index is 14.0. The smallest absolute Gasteiger partial charge is 0.314 e. The molecule has 1 aliphatic carbocycles. The molecule has 0 bridgehead atoms. The average molecular weight is 566 g/mol. The fourth-order valence-corrected chi connectivity index (χ4v) is 7.02. The molecule has 3 aliphatic rings. The fourth-order valence-electron chi connectivity index (χ4n) is 7.02. The number of nitrogens with zero attached hydrogens (tertiary/aromatic N) is 1. The molecule has 4 atom stereocenters. The number of hydrogen-bond acceptors (Lipinski definition) is 9. The van der Waals surface area contributed by atoms with Crippen molar-refractivity contribution >= 4 is 17.7 Å². The van der Waals surface area contributed by atoms with Crippen molar-refractivity contribution in [1.82, 2.24) is 4.90 Å². The second-order valence-electron chi connectivity index (χ2n) is 10.7. The van der Waals surface area contributed by atoms with E-state index in [0.717, 1.165) is 16.9 Å². The van der Waals surface area contributed by atoms with Crippen LogP contribution in [0.2, 0.25) is 0 Å². The van der Waals surface area contributed by atoms with E-state index in [1.807, 2.05) is 55.5 Å². The zero-order chi connectivity index (χ0) is 29.2. The van der Waals surface area contributed by atoms with Gasteiger partial charge in [0.05, 0.1) is 51.3 Å². The fraction of sp³-hybridized carbons (Fsp3) is 0.500. The molecule has 1 spiro atoms. The third kappa shape index (κ3) is 4.70. The third-order valence-corrected chi connectivity index (χ3v) is 8.77. The van der Waals surface area contributed by atoms with E-state index in [1.165, 1.54) is 0 Å². The van der Waals surface area contributed by atoms with E-state index in [1.54, 1.807) is 28.3 Å². The molecule has 0 radical (unpaired) electrons. The number of methoxy groups -OCH3 is 3.